The molecule has 0 radical (unpaired) electrons. The standard InChI is InChI=1S/C9H7F3INO2/c1-2-16-9(15)7-6(8(11)12)4(13)3-5(10)14-7/h3,8H,2H2,1H3. The maximum atomic E-state index is 12.9. The fourth-order valence-corrected chi connectivity index (χ4v) is 1.81. The van der Waals surface area contributed by atoms with Crippen LogP contribution in [0.5, 0.6) is 0 Å². The summed E-state index contributed by atoms with van der Waals surface area (Å²) in [4.78, 5) is 14.4. The van der Waals surface area contributed by atoms with Gasteiger partial charge in [0.15, 0.2) is 5.69 Å². The fraction of sp³-hybridized carbons (Fsp3) is 0.333. The van der Waals surface area contributed by atoms with Gasteiger partial charge in [0.25, 0.3) is 6.43 Å². The Morgan fingerprint density at radius 2 is 2.25 bits per heavy atom. The van der Waals surface area contributed by atoms with E-state index in [1.54, 1.807) is 0 Å². The summed E-state index contributed by atoms with van der Waals surface area (Å²) in [6.07, 6.45) is -2.90. The molecule has 0 saturated carbocycles. The van der Waals surface area contributed by atoms with Crippen LogP contribution in [0.2, 0.25) is 0 Å². The van der Waals surface area contributed by atoms with Crippen molar-refractivity contribution in [3.05, 3.63) is 26.8 Å². The van der Waals surface area contributed by atoms with Crippen LogP contribution < -0.4 is 0 Å². The number of esters is 1. The first-order chi connectivity index (χ1) is 7.47. The van der Waals surface area contributed by atoms with Gasteiger partial charge in [-0.1, -0.05) is 0 Å². The van der Waals surface area contributed by atoms with E-state index in [-0.39, 0.29) is 10.2 Å². The molecule has 1 aromatic heterocycles. The summed E-state index contributed by atoms with van der Waals surface area (Å²) in [5.41, 5.74) is -1.26. The highest BCUT2D eigenvalue weighted by Gasteiger charge is 2.25. The van der Waals surface area contributed by atoms with Gasteiger partial charge in [0.2, 0.25) is 5.95 Å². The van der Waals surface area contributed by atoms with Gasteiger partial charge in [-0.25, -0.2) is 18.6 Å². The van der Waals surface area contributed by atoms with Crippen molar-refractivity contribution in [3.8, 4) is 0 Å². The number of aromatic nitrogens is 1. The lowest BCUT2D eigenvalue weighted by Crippen LogP contribution is -2.13. The van der Waals surface area contributed by atoms with E-state index in [4.69, 9.17) is 0 Å². The SMILES string of the molecule is CCOC(=O)c1nc(F)cc(I)c1C(F)F. The molecule has 0 saturated heterocycles. The van der Waals surface area contributed by atoms with E-state index in [1.807, 2.05) is 0 Å². The van der Waals surface area contributed by atoms with Crippen LogP contribution in [0, 0.1) is 9.52 Å². The minimum Gasteiger partial charge on any atom is -0.461 e. The van der Waals surface area contributed by atoms with Crippen LogP contribution in [0.1, 0.15) is 29.4 Å². The van der Waals surface area contributed by atoms with Gasteiger partial charge in [-0.2, -0.15) is 4.39 Å². The van der Waals surface area contributed by atoms with Crippen LogP contribution in [-0.4, -0.2) is 17.6 Å². The predicted octanol–water partition coefficient (Wildman–Crippen LogP) is 2.94. The average molecular weight is 345 g/mol. The van der Waals surface area contributed by atoms with Gasteiger partial charge < -0.3 is 4.74 Å². The third kappa shape index (κ3) is 2.83. The highest BCUT2D eigenvalue weighted by Crippen LogP contribution is 2.27. The van der Waals surface area contributed by atoms with Crippen LogP contribution in [0.25, 0.3) is 0 Å². The molecule has 0 N–H and O–H groups in total. The minimum atomic E-state index is -2.90. The second kappa shape index (κ2) is 5.46. The number of ether oxygens (including phenoxy) is 1. The van der Waals surface area contributed by atoms with Crippen molar-refractivity contribution in [1.82, 2.24) is 4.98 Å². The van der Waals surface area contributed by atoms with Crippen LogP contribution in [-0.2, 0) is 4.74 Å². The molecule has 1 rings (SSSR count). The molecule has 3 nitrogen and oxygen atoms in total. The van der Waals surface area contributed by atoms with E-state index in [9.17, 15) is 18.0 Å². The summed E-state index contributed by atoms with van der Waals surface area (Å²) in [6.45, 7) is 1.53. The maximum Gasteiger partial charge on any atom is 0.357 e. The number of halogens is 4. The van der Waals surface area contributed by atoms with E-state index in [0.717, 1.165) is 6.07 Å². The molecular formula is C9H7F3INO2. The Labute approximate surface area is 103 Å². The van der Waals surface area contributed by atoms with Crippen molar-refractivity contribution < 1.29 is 22.7 Å². The molecule has 1 aromatic rings. The predicted molar refractivity (Wildman–Crippen MR) is 57.8 cm³/mol. The number of pyridine rings is 1. The topological polar surface area (TPSA) is 39.2 Å². The lowest BCUT2D eigenvalue weighted by atomic mass is 10.2. The lowest BCUT2D eigenvalue weighted by molar-refractivity contribution is 0.0505. The third-order valence-electron chi connectivity index (χ3n) is 1.66. The highest BCUT2D eigenvalue weighted by atomic mass is 127. The molecule has 0 fully saturated rings. The van der Waals surface area contributed by atoms with Gasteiger partial charge >= 0.3 is 5.97 Å². The molecule has 7 heteroatoms. The zero-order valence-corrected chi connectivity index (χ0v) is 10.3. The molecule has 0 bridgehead atoms. The summed E-state index contributed by atoms with van der Waals surface area (Å²) in [7, 11) is 0. The fourth-order valence-electron chi connectivity index (χ4n) is 1.06. The average Bonchev–Trinajstić information content (AvgIpc) is 2.15. The first-order valence-electron chi connectivity index (χ1n) is 4.28. The number of nitrogens with zero attached hydrogens (tertiary/aromatic N) is 1. The Hall–Kier alpha value is -0.860. The molecule has 0 aliphatic rings. The van der Waals surface area contributed by atoms with Crippen molar-refractivity contribution in [1.29, 1.82) is 0 Å². The van der Waals surface area contributed by atoms with Crippen molar-refractivity contribution in [2.24, 2.45) is 0 Å². The zero-order valence-electron chi connectivity index (χ0n) is 8.14. The molecule has 16 heavy (non-hydrogen) atoms. The Kier molecular flexibility index (Phi) is 4.51. The zero-order chi connectivity index (χ0) is 12.3. The number of hydrogen-bond donors (Lipinski definition) is 0. The Morgan fingerprint density at radius 1 is 1.62 bits per heavy atom. The van der Waals surface area contributed by atoms with Gasteiger partial charge in [0.05, 0.1) is 12.2 Å². The molecule has 0 unspecified atom stereocenters. The van der Waals surface area contributed by atoms with Gasteiger partial charge in [0, 0.05) is 9.64 Å². The summed E-state index contributed by atoms with van der Waals surface area (Å²) < 4.78 is 42.7. The maximum absolute atomic E-state index is 12.9. The van der Waals surface area contributed by atoms with Crippen molar-refractivity contribution in [3.63, 3.8) is 0 Å². The van der Waals surface area contributed by atoms with Gasteiger partial charge in [-0.3, -0.25) is 0 Å². The first-order valence-corrected chi connectivity index (χ1v) is 5.36. The van der Waals surface area contributed by atoms with Crippen molar-refractivity contribution >= 4 is 28.6 Å². The van der Waals surface area contributed by atoms with E-state index in [1.165, 1.54) is 29.5 Å². The van der Waals surface area contributed by atoms with Crippen LogP contribution in [0.4, 0.5) is 13.2 Å². The molecule has 0 amide bonds. The van der Waals surface area contributed by atoms with Gasteiger partial charge in [-0.05, 0) is 29.5 Å². The Bertz CT molecular complexity index is 412. The molecule has 0 atom stereocenters. The summed E-state index contributed by atoms with van der Waals surface area (Å²) in [5.74, 6) is -2.04. The van der Waals surface area contributed by atoms with Gasteiger partial charge in [-0.15, -0.1) is 0 Å². The largest absolute Gasteiger partial charge is 0.461 e. The number of alkyl halides is 2. The Morgan fingerprint density at radius 3 is 2.75 bits per heavy atom. The molecule has 1 heterocycles. The minimum absolute atomic E-state index is 0.0102. The molecule has 0 spiro atoms. The third-order valence-corrected chi connectivity index (χ3v) is 2.56. The monoisotopic (exact) mass is 345 g/mol. The normalized spacial score (nSPS) is 10.6. The van der Waals surface area contributed by atoms with Crippen molar-refractivity contribution in [2.45, 2.75) is 13.3 Å². The van der Waals surface area contributed by atoms with E-state index in [0.29, 0.717) is 0 Å². The number of carbonyl (C=O) groups excluding carboxylic acids is 1. The second-order valence-corrected chi connectivity index (χ2v) is 3.87. The first kappa shape index (κ1) is 13.2. The van der Waals surface area contributed by atoms with Gasteiger partial charge in [0.1, 0.15) is 0 Å². The van der Waals surface area contributed by atoms with Crippen LogP contribution in [0.15, 0.2) is 6.07 Å². The summed E-state index contributed by atoms with van der Waals surface area (Å²) in [6, 6.07) is 0.838. The molecule has 0 aliphatic heterocycles. The summed E-state index contributed by atoms with van der Waals surface area (Å²) in [5, 5.41) is 0. The Balaban J connectivity index is 3.29. The number of hydrogen-bond acceptors (Lipinski definition) is 3. The summed E-state index contributed by atoms with van der Waals surface area (Å²) >= 11 is 1.52. The second-order valence-electron chi connectivity index (χ2n) is 2.71. The highest BCUT2D eigenvalue weighted by molar-refractivity contribution is 14.1. The van der Waals surface area contributed by atoms with E-state index in [2.05, 4.69) is 9.72 Å². The quantitative estimate of drug-likeness (QED) is 0.480. The molecular weight excluding hydrogens is 338 g/mol. The van der Waals surface area contributed by atoms with Crippen LogP contribution in [0.3, 0.4) is 0 Å². The smallest absolute Gasteiger partial charge is 0.357 e. The van der Waals surface area contributed by atoms with E-state index < -0.39 is 29.6 Å². The number of rotatable bonds is 3. The van der Waals surface area contributed by atoms with Crippen LogP contribution >= 0.6 is 22.6 Å². The molecule has 0 aliphatic carbocycles. The molecule has 0 aromatic carbocycles. The molecule has 88 valence electrons. The van der Waals surface area contributed by atoms with E-state index >= 15 is 0 Å². The number of carbonyl (C=O) groups is 1. The lowest BCUT2D eigenvalue weighted by Gasteiger charge is -2.09. The van der Waals surface area contributed by atoms with Crippen molar-refractivity contribution in [2.75, 3.05) is 6.61 Å².